The van der Waals surface area contributed by atoms with E-state index in [1.165, 1.54) is 14.2 Å². The van der Waals surface area contributed by atoms with Crippen LogP contribution in [0.2, 0.25) is 0 Å². The average molecular weight is 525 g/mol. The van der Waals surface area contributed by atoms with Gasteiger partial charge in [0.1, 0.15) is 6.04 Å². The molecule has 1 aromatic heterocycles. The number of carbonyl (C=O) groups excluding carboxylic acids is 2. The van der Waals surface area contributed by atoms with Gasteiger partial charge in [-0.25, -0.2) is 4.79 Å². The highest BCUT2D eigenvalue weighted by atomic mass is 16.7. The summed E-state index contributed by atoms with van der Waals surface area (Å²) >= 11 is 0. The highest BCUT2D eigenvalue weighted by Crippen LogP contribution is 2.37. The van der Waals surface area contributed by atoms with Crippen LogP contribution in [0.15, 0.2) is 36.4 Å². The number of hydrogen-bond acceptors (Lipinski definition) is 6. The van der Waals surface area contributed by atoms with E-state index in [0.717, 1.165) is 41.7 Å². The number of ether oxygens (including phenoxy) is 2. The van der Waals surface area contributed by atoms with Gasteiger partial charge in [-0.3, -0.25) is 4.79 Å². The number of H-pyrrole nitrogens is 1. The van der Waals surface area contributed by atoms with Crippen LogP contribution in [-0.2, 0) is 23.6 Å². The lowest BCUT2D eigenvalue weighted by Gasteiger charge is -2.38. The Morgan fingerprint density at radius 3 is 2.32 bits per heavy atom. The third kappa shape index (κ3) is 5.62. The summed E-state index contributed by atoms with van der Waals surface area (Å²) in [6, 6.07) is 11.3. The van der Waals surface area contributed by atoms with Crippen molar-refractivity contribution in [2.45, 2.75) is 83.3 Å². The van der Waals surface area contributed by atoms with E-state index < -0.39 is 25.4 Å². The number of nitrogens with one attached hydrogen (secondary N) is 2. The van der Waals surface area contributed by atoms with Crippen LogP contribution in [0, 0.1) is 0 Å². The van der Waals surface area contributed by atoms with Crippen molar-refractivity contribution in [3.8, 4) is 11.3 Å². The average Bonchev–Trinajstić information content (AvgIpc) is 3.48. The van der Waals surface area contributed by atoms with Crippen molar-refractivity contribution in [1.82, 2.24) is 15.2 Å². The minimum atomic E-state index is -0.843. The van der Waals surface area contributed by atoms with Crippen molar-refractivity contribution in [3.05, 3.63) is 42.1 Å². The smallest absolute Gasteiger partial charge is 0.453 e. The maximum Gasteiger partial charge on any atom is 0.494 e. The zero-order valence-corrected chi connectivity index (χ0v) is 23.5. The fourth-order valence-electron chi connectivity index (χ4n) is 4.97. The van der Waals surface area contributed by atoms with Gasteiger partial charge in [0.15, 0.2) is 0 Å². The Balaban J connectivity index is 1.51. The second-order valence-electron chi connectivity index (χ2n) is 11.1. The van der Waals surface area contributed by atoms with Gasteiger partial charge in [-0.2, -0.15) is 0 Å². The van der Waals surface area contributed by atoms with Gasteiger partial charge in [0.25, 0.3) is 0 Å². The second-order valence-corrected chi connectivity index (χ2v) is 11.1. The summed E-state index contributed by atoms with van der Waals surface area (Å²) < 4.78 is 22.5. The van der Waals surface area contributed by atoms with Crippen LogP contribution in [0.25, 0.3) is 11.3 Å². The van der Waals surface area contributed by atoms with Gasteiger partial charge >= 0.3 is 13.2 Å². The summed E-state index contributed by atoms with van der Waals surface area (Å²) in [6.45, 7) is 10.6. The van der Waals surface area contributed by atoms with E-state index in [-0.39, 0.29) is 23.2 Å². The van der Waals surface area contributed by atoms with Crippen molar-refractivity contribution in [3.63, 3.8) is 0 Å². The Bertz CT molecular complexity index is 1120. The van der Waals surface area contributed by atoms with Gasteiger partial charge in [-0.15, -0.1) is 0 Å². The van der Waals surface area contributed by atoms with Crippen LogP contribution >= 0.6 is 0 Å². The van der Waals surface area contributed by atoms with Crippen LogP contribution in [0.4, 0.5) is 4.79 Å². The molecule has 2 aliphatic heterocycles. The first-order valence-corrected chi connectivity index (χ1v) is 13.3. The predicted molar refractivity (Wildman–Crippen MR) is 146 cm³/mol. The number of benzene rings is 1. The highest BCUT2D eigenvalue weighted by Gasteiger charge is 2.51. The van der Waals surface area contributed by atoms with E-state index in [0.29, 0.717) is 6.54 Å². The molecule has 2 amide bonds. The number of alkyl carbamates (subject to hydrolysis) is 1. The van der Waals surface area contributed by atoms with Crippen LogP contribution < -0.4 is 10.8 Å². The molecule has 0 saturated carbocycles. The van der Waals surface area contributed by atoms with Gasteiger partial charge in [0, 0.05) is 25.0 Å². The quantitative estimate of drug-likeness (QED) is 0.534. The molecule has 206 valence electrons. The molecule has 0 spiro atoms. The largest absolute Gasteiger partial charge is 0.494 e. The SMILES string of the molecule is COC(=O)N[C@H](C(=O)N1CCCC[C@@H]1c1ccc(-c2ccc(B3OC(C)(C)C(C)(C)O3)cc2)[nH]1)[C@@H](C)OC. The molecule has 0 unspecified atom stereocenters. The molecule has 0 bridgehead atoms. The summed E-state index contributed by atoms with van der Waals surface area (Å²) in [7, 11) is 2.39. The number of aromatic nitrogens is 1. The number of carbonyl (C=O) groups is 2. The van der Waals surface area contributed by atoms with Crippen molar-refractivity contribution in [2.75, 3.05) is 20.8 Å². The molecule has 2 fully saturated rings. The molecule has 2 saturated heterocycles. The summed E-state index contributed by atoms with van der Waals surface area (Å²) in [5.74, 6) is -0.183. The molecule has 3 atom stereocenters. The Morgan fingerprint density at radius 2 is 1.71 bits per heavy atom. The van der Waals surface area contributed by atoms with Crippen molar-refractivity contribution >= 4 is 24.6 Å². The molecule has 2 aromatic rings. The van der Waals surface area contributed by atoms with E-state index in [2.05, 4.69) is 22.4 Å². The van der Waals surface area contributed by atoms with Crippen LogP contribution in [0.5, 0.6) is 0 Å². The van der Waals surface area contributed by atoms with E-state index in [4.69, 9.17) is 18.8 Å². The van der Waals surface area contributed by atoms with Crippen LogP contribution in [0.1, 0.15) is 65.6 Å². The standard InChI is InChI=1S/C28H40BN3O6/c1-18(35-6)24(31-26(34)36-7)25(33)32-17-9-8-10-23(32)22-16-15-21(30-22)19-11-13-20(14-12-19)29-37-27(2,3)28(4,5)38-29/h11-16,18,23-24,30H,8-10,17H2,1-7H3,(H,31,34)/t18-,23-,24+/m1/s1. The summed E-state index contributed by atoms with van der Waals surface area (Å²) in [4.78, 5) is 30.9. The third-order valence-corrected chi connectivity index (χ3v) is 8.17. The van der Waals surface area contributed by atoms with Crippen LogP contribution in [0.3, 0.4) is 0 Å². The first kappa shape index (κ1) is 28.2. The van der Waals surface area contributed by atoms with Crippen molar-refractivity contribution < 1.29 is 28.4 Å². The Hall–Kier alpha value is -2.82. The number of methoxy groups -OCH3 is 2. The molecule has 38 heavy (non-hydrogen) atoms. The van der Waals surface area contributed by atoms with E-state index in [9.17, 15) is 9.59 Å². The second kappa shape index (κ2) is 11.1. The van der Waals surface area contributed by atoms with Crippen LogP contribution in [-0.4, -0.2) is 73.1 Å². The fourth-order valence-corrected chi connectivity index (χ4v) is 4.97. The van der Waals surface area contributed by atoms with E-state index >= 15 is 0 Å². The summed E-state index contributed by atoms with van der Waals surface area (Å²) in [5, 5.41) is 2.65. The van der Waals surface area contributed by atoms with Gasteiger partial charge in [0.2, 0.25) is 5.91 Å². The lowest BCUT2D eigenvalue weighted by atomic mass is 9.79. The zero-order valence-electron chi connectivity index (χ0n) is 23.5. The van der Waals surface area contributed by atoms with Gasteiger partial charge in [0.05, 0.1) is 30.5 Å². The molecule has 10 heteroatoms. The lowest BCUT2D eigenvalue weighted by Crippen LogP contribution is -2.55. The molecule has 4 rings (SSSR count). The topological polar surface area (TPSA) is 102 Å². The zero-order chi connectivity index (χ0) is 27.7. The molecular formula is C28H40BN3O6. The molecule has 0 aliphatic carbocycles. The molecule has 0 radical (unpaired) electrons. The fraction of sp³-hybridized carbons (Fsp3) is 0.571. The first-order chi connectivity index (χ1) is 18.0. The maximum atomic E-state index is 13.6. The number of hydrogen-bond donors (Lipinski definition) is 2. The lowest BCUT2D eigenvalue weighted by molar-refractivity contribution is -0.140. The third-order valence-electron chi connectivity index (χ3n) is 8.17. The van der Waals surface area contributed by atoms with E-state index in [1.54, 1.807) is 6.92 Å². The van der Waals surface area contributed by atoms with Crippen molar-refractivity contribution in [1.29, 1.82) is 0 Å². The molecule has 2 aliphatic rings. The number of aromatic amines is 1. The van der Waals surface area contributed by atoms with Crippen molar-refractivity contribution in [2.24, 2.45) is 0 Å². The molecular weight excluding hydrogens is 485 g/mol. The molecule has 9 nitrogen and oxygen atoms in total. The number of nitrogens with zero attached hydrogens (tertiary/aromatic N) is 1. The number of likely N-dealkylation sites (tertiary alicyclic amines) is 1. The van der Waals surface area contributed by atoms with E-state index in [1.807, 2.05) is 56.9 Å². The van der Waals surface area contributed by atoms with Gasteiger partial charge < -0.3 is 34.0 Å². The maximum absolute atomic E-state index is 13.6. The molecule has 2 N–H and O–H groups in total. The minimum Gasteiger partial charge on any atom is -0.453 e. The summed E-state index contributed by atoms with van der Waals surface area (Å²) in [5.41, 5.74) is 3.15. The Kier molecular flexibility index (Phi) is 8.25. The number of amides is 2. The Morgan fingerprint density at radius 1 is 1.05 bits per heavy atom. The molecule has 3 heterocycles. The van der Waals surface area contributed by atoms with Gasteiger partial charge in [-0.05, 0) is 77.0 Å². The first-order valence-electron chi connectivity index (χ1n) is 13.3. The summed E-state index contributed by atoms with van der Waals surface area (Å²) in [6.07, 6.45) is 1.58. The minimum absolute atomic E-state index is 0.125. The normalized spacial score (nSPS) is 22.1. The van der Waals surface area contributed by atoms with Gasteiger partial charge in [-0.1, -0.05) is 24.3 Å². The monoisotopic (exact) mass is 525 g/mol. The Labute approximate surface area is 225 Å². The highest BCUT2D eigenvalue weighted by molar-refractivity contribution is 6.62. The number of piperidine rings is 1. The predicted octanol–water partition coefficient (Wildman–Crippen LogP) is 3.79. The molecule has 1 aromatic carbocycles. The number of rotatable bonds is 7.